The lowest BCUT2D eigenvalue weighted by atomic mass is 10.0. The molecule has 0 amide bonds. The Labute approximate surface area is 84.4 Å². The molecule has 1 aliphatic carbocycles. The van der Waals surface area contributed by atoms with Crippen LogP contribution in [0.1, 0.15) is 29.2 Å². The SMILES string of the molecule is C=C(OC)c1ccc2c(c1)CC[C@@H]2N. The zero-order chi connectivity index (χ0) is 10.1. The van der Waals surface area contributed by atoms with Crippen LogP contribution in [0.5, 0.6) is 0 Å². The highest BCUT2D eigenvalue weighted by atomic mass is 16.5. The number of fused-ring (bicyclic) bond motifs is 1. The summed E-state index contributed by atoms with van der Waals surface area (Å²) < 4.78 is 5.10. The first-order chi connectivity index (χ1) is 6.72. The van der Waals surface area contributed by atoms with Gasteiger partial charge in [-0.25, -0.2) is 0 Å². The van der Waals surface area contributed by atoms with E-state index in [0.29, 0.717) is 5.76 Å². The van der Waals surface area contributed by atoms with Crippen LogP contribution in [0.3, 0.4) is 0 Å². The second kappa shape index (κ2) is 3.46. The number of aryl methyl sites for hydroxylation is 1. The van der Waals surface area contributed by atoms with Crippen molar-refractivity contribution in [2.75, 3.05) is 7.11 Å². The Kier molecular flexibility index (Phi) is 2.30. The number of benzene rings is 1. The molecular weight excluding hydrogens is 174 g/mol. The van der Waals surface area contributed by atoms with Gasteiger partial charge < -0.3 is 10.5 Å². The summed E-state index contributed by atoms with van der Waals surface area (Å²) >= 11 is 0. The van der Waals surface area contributed by atoms with E-state index in [-0.39, 0.29) is 6.04 Å². The molecule has 0 radical (unpaired) electrons. The average molecular weight is 189 g/mol. The van der Waals surface area contributed by atoms with Gasteiger partial charge in [-0.1, -0.05) is 18.7 Å². The molecule has 2 heteroatoms. The third-order valence-corrected chi connectivity index (χ3v) is 2.84. The monoisotopic (exact) mass is 189 g/mol. The second-order valence-electron chi connectivity index (χ2n) is 3.69. The standard InChI is InChI=1S/C12H15NO/c1-8(14-2)9-3-5-11-10(7-9)4-6-12(11)13/h3,5,7,12H,1,4,6,13H2,2H3/t12-/m0/s1. The van der Waals surface area contributed by atoms with Crippen LogP contribution in [0.4, 0.5) is 0 Å². The van der Waals surface area contributed by atoms with E-state index in [4.69, 9.17) is 10.5 Å². The van der Waals surface area contributed by atoms with E-state index in [2.05, 4.69) is 18.7 Å². The fraction of sp³-hybridized carbons (Fsp3) is 0.333. The summed E-state index contributed by atoms with van der Waals surface area (Å²) in [4.78, 5) is 0. The fourth-order valence-corrected chi connectivity index (χ4v) is 1.94. The maximum absolute atomic E-state index is 5.95. The summed E-state index contributed by atoms with van der Waals surface area (Å²) in [5, 5.41) is 0. The van der Waals surface area contributed by atoms with Crippen molar-refractivity contribution in [1.29, 1.82) is 0 Å². The van der Waals surface area contributed by atoms with Crippen molar-refractivity contribution < 1.29 is 4.74 Å². The molecule has 1 aromatic carbocycles. The van der Waals surface area contributed by atoms with Gasteiger partial charge in [-0.2, -0.15) is 0 Å². The van der Waals surface area contributed by atoms with E-state index in [0.717, 1.165) is 18.4 Å². The Hall–Kier alpha value is -1.28. The van der Waals surface area contributed by atoms with Gasteiger partial charge in [0.05, 0.1) is 7.11 Å². The van der Waals surface area contributed by atoms with Gasteiger partial charge in [-0.05, 0) is 30.0 Å². The first-order valence-electron chi connectivity index (χ1n) is 4.84. The maximum atomic E-state index is 5.95. The molecule has 0 aliphatic heterocycles. The van der Waals surface area contributed by atoms with Crippen molar-refractivity contribution in [3.8, 4) is 0 Å². The molecule has 2 rings (SSSR count). The minimum absolute atomic E-state index is 0.217. The summed E-state index contributed by atoms with van der Waals surface area (Å²) in [6, 6.07) is 6.46. The number of rotatable bonds is 2. The van der Waals surface area contributed by atoms with Crippen molar-refractivity contribution in [3.05, 3.63) is 41.5 Å². The second-order valence-corrected chi connectivity index (χ2v) is 3.69. The largest absolute Gasteiger partial charge is 0.497 e. The lowest BCUT2D eigenvalue weighted by molar-refractivity contribution is 0.371. The molecular formula is C12H15NO. The third kappa shape index (κ3) is 1.42. The molecule has 0 saturated heterocycles. The van der Waals surface area contributed by atoms with E-state index < -0.39 is 0 Å². The van der Waals surface area contributed by atoms with Gasteiger partial charge in [0.2, 0.25) is 0 Å². The van der Waals surface area contributed by atoms with Crippen LogP contribution >= 0.6 is 0 Å². The zero-order valence-corrected chi connectivity index (χ0v) is 8.42. The first-order valence-corrected chi connectivity index (χ1v) is 4.84. The smallest absolute Gasteiger partial charge is 0.118 e. The molecule has 1 aliphatic rings. The van der Waals surface area contributed by atoms with E-state index >= 15 is 0 Å². The van der Waals surface area contributed by atoms with Crippen LogP contribution < -0.4 is 5.73 Å². The lowest BCUT2D eigenvalue weighted by Gasteiger charge is -2.08. The van der Waals surface area contributed by atoms with E-state index in [1.54, 1.807) is 7.11 Å². The number of hydrogen-bond donors (Lipinski definition) is 1. The van der Waals surface area contributed by atoms with Gasteiger partial charge in [-0.3, -0.25) is 0 Å². The quantitative estimate of drug-likeness (QED) is 0.724. The van der Waals surface area contributed by atoms with Crippen LogP contribution in [0.15, 0.2) is 24.8 Å². The van der Waals surface area contributed by atoms with Gasteiger partial charge in [-0.15, -0.1) is 0 Å². The molecule has 2 N–H and O–H groups in total. The molecule has 1 atom stereocenters. The summed E-state index contributed by atoms with van der Waals surface area (Å²) in [6.45, 7) is 3.83. The molecule has 0 unspecified atom stereocenters. The fourth-order valence-electron chi connectivity index (χ4n) is 1.94. The van der Waals surface area contributed by atoms with Crippen molar-refractivity contribution in [2.45, 2.75) is 18.9 Å². The first kappa shape index (κ1) is 9.28. The van der Waals surface area contributed by atoms with Crippen LogP contribution in [-0.4, -0.2) is 7.11 Å². The van der Waals surface area contributed by atoms with Crippen LogP contribution in [0.25, 0.3) is 5.76 Å². The normalized spacial score (nSPS) is 19.1. The topological polar surface area (TPSA) is 35.2 Å². The van der Waals surface area contributed by atoms with E-state index in [1.807, 2.05) is 6.07 Å². The van der Waals surface area contributed by atoms with Crippen molar-refractivity contribution in [1.82, 2.24) is 0 Å². The predicted molar refractivity (Wildman–Crippen MR) is 57.7 cm³/mol. The summed E-state index contributed by atoms with van der Waals surface area (Å²) in [6.07, 6.45) is 2.12. The summed E-state index contributed by atoms with van der Waals surface area (Å²) in [5.74, 6) is 0.716. The Balaban J connectivity index is 2.37. The molecule has 0 saturated carbocycles. The van der Waals surface area contributed by atoms with Gasteiger partial charge >= 0.3 is 0 Å². The van der Waals surface area contributed by atoms with Gasteiger partial charge in [0.15, 0.2) is 0 Å². The molecule has 0 bridgehead atoms. The Morgan fingerprint density at radius 3 is 3.07 bits per heavy atom. The predicted octanol–water partition coefficient (Wildman–Crippen LogP) is 2.25. The highest BCUT2D eigenvalue weighted by molar-refractivity contribution is 5.59. The molecule has 14 heavy (non-hydrogen) atoms. The number of hydrogen-bond acceptors (Lipinski definition) is 2. The van der Waals surface area contributed by atoms with Crippen molar-refractivity contribution >= 4 is 5.76 Å². The molecule has 1 aromatic rings. The number of ether oxygens (including phenoxy) is 1. The Morgan fingerprint density at radius 2 is 2.36 bits per heavy atom. The third-order valence-electron chi connectivity index (χ3n) is 2.84. The summed E-state index contributed by atoms with van der Waals surface area (Å²) in [7, 11) is 1.64. The molecule has 0 fully saturated rings. The van der Waals surface area contributed by atoms with E-state index in [9.17, 15) is 0 Å². The minimum Gasteiger partial charge on any atom is -0.497 e. The number of methoxy groups -OCH3 is 1. The van der Waals surface area contributed by atoms with Gasteiger partial charge in [0, 0.05) is 11.6 Å². The van der Waals surface area contributed by atoms with Gasteiger partial charge in [0.25, 0.3) is 0 Å². The van der Waals surface area contributed by atoms with Crippen LogP contribution in [0, 0.1) is 0 Å². The van der Waals surface area contributed by atoms with Crippen LogP contribution in [-0.2, 0) is 11.2 Å². The summed E-state index contributed by atoms with van der Waals surface area (Å²) in [5.41, 5.74) is 9.62. The van der Waals surface area contributed by atoms with Crippen LogP contribution in [0.2, 0.25) is 0 Å². The molecule has 0 spiro atoms. The highest BCUT2D eigenvalue weighted by Crippen LogP contribution is 2.31. The zero-order valence-electron chi connectivity index (χ0n) is 8.42. The minimum atomic E-state index is 0.217. The van der Waals surface area contributed by atoms with E-state index in [1.165, 1.54) is 11.1 Å². The van der Waals surface area contributed by atoms with Crippen molar-refractivity contribution in [3.63, 3.8) is 0 Å². The Morgan fingerprint density at radius 1 is 1.57 bits per heavy atom. The Bertz CT molecular complexity index is 371. The van der Waals surface area contributed by atoms with Gasteiger partial charge in [0.1, 0.15) is 5.76 Å². The molecule has 74 valence electrons. The number of nitrogens with two attached hydrogens (primary N) is 1. The molecule has 0 heterocycles. The average Bonchev–Trinajstić information content (AvgIpc) is 2.59. The molecule has 2 nitrogen and oxygen atoms in total. The molecule has 0 aromatic heterocycles. The van der Waals surface area contributed by atoms with Crippen molar-refractivity contribution in [2.24, 2.45) is 5.73 Å². The highest BCUT2D eigenvalue weighted by Gasteiger charge is 2.19. The maximum Gasteiger partial charge on any atom is 0.118 e. The lowest BCUT2D eigenvalue weighted by Crippen LogP contribution is -2.04.